The topological polar surface area (TPSA) is 102 Å². The maximum atomic E-state index is 12.7. The molecule has 2 N–H and O–H groups in total. The quantitative estimate of drug-likeness (QED) is 0.791. The van der Waals surface area contributed by atoms with Crippen LogP contribution in [0.4, 0.5) is 5.69 Å². The number of hydrogen-bond acceptors (Lipinski definition) is 5. The zero-order valence-corrected chi connectivity index (χ0v) is 15.2. The van der Waals surface area contributed by atoms with Crippen molar-refractivity contribution in [3.05, 3.63) is 46.5 Å². The van der Waals surface area contributed by atoms with Crippen molar-refractivity contribution in [2.45, 2.75) is 11.8 Å². The Labute approximate surface area is 150 Å². The Morgan fingerprint density at radius 3 is 2.32 bits per heavy atom. The van der Waals surface area contributed by atoms with Gasteiger partial charge in [-0.1, -0.05) is 17.7 Å². The number of halogens is 1. The monoisotopic (exact) mass is 385 g/mol. The molecule has 0 aromatic heterocycles. The van der Waals surface area contributed by atoms with Crippen molar-refractivity contribution in [3.8, 4) is 11.5 Å². The fraction of sp³-hybridized carbons (Fsp3) is 0.188. The average molecular weight is 386 g/mol. The van der Waals surface area contributed by atoms with Gasteiger partial charge in [0.05, 0.1) is 35.4 Å². The van der Waals surface area contributed by atoms with Gasteiger partial charge in [0.15, 0.2) is 0 Å². The largest absolute Gasteiger partial charge is 0.495 e. The smallest absolute Gasteiger partial charge is 0.335 e. The van der Waals surface area contributed by atoms with Gasteiger partial charge in [0.1, 0.15) is 11.5 Å². The van der Waals surface area contributed by atoms with E-state index in [2.05, 4.69) is 4.72 Å². The van der Waals surface area contributed by atoms with E-state index in [1.54, 1.807) is 6.92 Å². The Hall–Kier alpha value is -2.45. The van der Waals surface area contributed by atoms with Crippen molar-refractivity contribution >= 4 is 33.3 Å². The van der Waals surface area contributed by atoms with Gasteiger partial charge in [-0.05, 0) is 30.7 Å². The number of anilines is 1. The Balaban J connectivity index is 2.51. The summed E-state index contributed by atoms with van der Waals surface area (Å²) in [5.41, 5.74) is 0.371. The van der Waals surface area contributed by atoms with E-state index < -0.39 is 16.0 Å². The first kappa shape index (κ1) is 18.9. The van der Waals surface area contributed by atoms with Crippen LogP contribution in [-0.2, 0) is 10.0 Å². The fourth-order valence-corrected chi connectivity index (χ4v) is 3.74. The molecule has 2 rings (SSSR count). The zero-order chi connectivity index (χ0) is 18.8. The molecule has 0 aliphatic rings. The number of ether oxygens (including phenoxy) is 2. The average Bonchev–Trinajstić information content (AvgIpc) is 2.54. The molecule has 0 saturated carbocycles. The van der Waals surface area contributed by atoms with E-state index in [1.165, 1.54) is 38.5 Å². The van der Waals surface area contributed by atoms with Crippen LogP contribution in [0.2, 0.25) is 5.02 Å². The number of nitrogens with one attached hydrogen (secondary N) is 1. The van der Waals surface area contributed by atoms with Gasteiger partial charge in [0.25, 0.3) is 10.0 Å². The van der Waals surface area contributed by atoms with Gasteiger partial charge in [-0.3, -0.25) is 4.72 Å². The van der Waals surface area contributed by atoms with Crippen LogP contribution in [0, 0.1) is 6.92 Å². The second-order valence-electron chi connectivity index (χ2n) is 5.08. The van der Waals surface area contributed by atoms with E-state index in [4.69, 9.17) is 26.2 Å². The molecular weight excluding hydrogens is 370 g/mol. The molecular formula is C16H16ClNO6S. The van der Waals surface area contributed by atoms with Gasteiger partial charge >= 0.3 is 5.97 Å². The molecule has 0 fully saturated rings. The first-order chi connectivity index (χ1) is 11.7. The lowest BCUT2D eigenvalue weighted by Gasteiger charge is -2.15. The number of benzene rings is 2. The number of carboxylic acids is 1. The summed E-state index contributed by atoms with van der Waals surface area (Å²) in [5, 5.41) is 9.26. The van der Waals surface area contributed by atoms with Crippen LogP contribution in [0.3, 0.4) is 0 Å². The molecule has 0 spiro atoms. The van der Waals surface area contributed by atoms with Crippen LogP contribution in [0.15, 0.2) is 35.2 Å². The predicted molar refractivity (Wildman–Crippen MR) is 93.5 cm³/mol. The summed E-state index contributed by atoms with van der Waals surface area (Å²) >= 11 is 6.04. The summed E-state index contributed by atoms with van der Waals surface area (Å²) in [7, 11) is -1.27. The first-order valence-corrected chi connectivity index (χ1v) is 8.84. The summed E-state index contributed by atoms with van der Waals surface area (Å²) in [5.74, 6) is -0.691. The van der Waals surface area contributed by atoms with Crippen molar-refractivity contribution in [3.63, 3.8) is 0 Å². The molecule has 0 amide bonds. The van der Waals surface area contributed by atoms with E-state index >= 15 is 0 Å². The van der Waals surface area contributed by atoms with Crippen molar-refractivity contribution in [1.82, 2.24) is 0 Å². The molecule has 0 radical (unpaired) electrons. The van der Waals surface area contributed by atoms with Gasteiger partial charge in [-0.15, -0.1) is 0 Å². The second-order valence-corrected chi connectivity index (χ2v) is 7.14. The van der Waals surface area contributed by atoms with Crippen LogP contribution in [0.5, 0.6) is 11.5 Å². The molecule has 0 bridgehead atoms. The lowest BCUT2D eigenvalue weighted by atomic mass is 10.1. The highest BCUT2D eigenvalue weighted by Gasteiger charge is 2.22. The third kappa shape index (κ3) is 3.97. The Morgan fingerprint density at radius 1 is 1.12 bits per heavy atom. The van der Waals surface area contributed by atoms with E-state index in [1.807, 2.05) is 0 Å². The van der Waals surface area contributed by atoms with Gasteiger partial charge in [0, 0.05) is 6.07 Å². The van der Waals surface area contributed by atoms with Crippen molar-refractivity contribution < 1.29 is 27.8 Å². The lowest BCUT2D eigenvalue weighted by Crippen LogP contribution is -2.16. The summed E-state index contributed by atoms with van der Waals surface area (Å²) in [6, 6.07) is 6.66. The predicted octanol–water partition coefficient (Wildman–Crippen LogP) is 3.16. The molecule has 0 aliphatic heterocycles. The number of carboxylic acid groups (broad SMARTS) is 1. The number of hydrogen-bond donors (Lipinski definition) is 2. The molecule has 7 nitrogen and oxygen atoms in total. The van der Waals surface area contributed by atoms with Crippen LogP contribution in [0.1, 0.15) is 15.9 Å². The molecule has 134 valence electrons. The lowest BCUT2D eigenvalue weighted by molar-refractivity contribution is 0.0696. The summed E-state index contributed by atoms with van der Waals surface area (Å²) in [6.07, 6.45) is 0. The van der Waals surface area contributed by atoms with Gasteiger partial charge in [0.2, 0.25) is 0 Å². The van der Waals surface area contributed by atoms with Crippen molar-refractivity contribution in [1.29, 1.82) is 0 Å². The molecule has 9 heteroatoms. The number of rotatable bonds is 6. The van der Waals surface area contributed by atoms with Gasteiger partial charge in [-0.25, -0.2) is 13.2 Å². The highest BCUT2D eigenvalue weighted by molar-refractivity contribution is 7.92. The first-order valence-electron chi connectivity index (χ1n) is 6.98. The van der Waals surface area contributed by atoms with Gasteiger partial charge < -0.3 is 14.6 Å². The van der Waals surface area contributed by atoms with Crippen LogP contribution < -0.4 is 14.2 Å². The summed E-state index contributed by atoms with van der Waals surface area (Å²) in [6.45, 7) is 1.57. The van der Waals surface area contributed by atoms with Crippen LogP contribution in [0.25, 0.3) is 0 Å². The van der Waals surface area contributed by atoms with E-state index in [-0.39, 0.29) is 26.9 Å². The number of sulfonamides is 1. The number of methoxy groups -OCH3 is 2. The Bertz CT molecular complexity index is 926. The Kier molecular flexibility index (Phi) is 5.44. The minimum absolute atomic E-state index is 0.105. The van der Waals surface area contributed by atoms with E-state index in [0.29, 0.717) is 11.3 Å². The minimum atomic E-state index is -4.06. The van der Waals surface area contributed by atoms with Crippen molar-refractivity contribution in [2.75, 3.05) is 18.9 Å². The highest BCUT2D eigenvalue weighted by atomic mass is 35.5. The second kappa shape index (κ2) is 7.20. The van der Waals surface area contributed by atoms with Crippen LogP contribution >= 0.6 is 11.6 Å². The Morgan fingerprint density at radius 2 is 1.76 bits per heavy atom. The molecule has 2 aromatic rings. The maximum Gasteiger partial charge on any atom is 0.335 e. The standard InChI is InChI=1S/C16H16ClNO6S/c1-9-4-5-10(16(19)20)6-15(9)25(21,22)18-12-7-11(17)13(23-2)8-14(12)24-3/h4-8,18H,1-3H3,(H,19,20). The number of aryl methyl sites for hydroxylation is 1. The van der Waals surface area contributed by atoms with E-state index in [9.17, 15) is 13.2 Å². The maximum absolute atomic E-state index is 12.7. The number of carbonyl (C=O) groups is 1. The third-order valence-electron chi connectivity index (χ3n) is 3.44. The van der Waals surface area contributed by atoms with Crippen LogP contribution in [-0.4, -0.2) is 33.7 Å². The number of aromatic carboxylic acids is 1. The fourth-order valence-electron chi connectivity index (χ4n) is 2.16. The minimum Gasteiger partial charge on any atom is -0.495 e. The molecule has 0 unspecified atom stereocenters. The molecule has 0 aliphatic carbocycles. The molecule has 25 heavy (non-hydrogen) atoms. The molecule has 0 atom stereocenters. The highest BCUT2D eigenvalue weighted by Crippen LogP contribution is 2.37. The van der Waals surface area contributed by atoms with E-state index in [0.717, 1.165) is 6.07 Å². The zero-order valence-electron chi connectivity index (χ0n) is 13.7. The summed E-state index contributed by atoms with van der Waals surface area (Å²) < 4.78 is 38.0. The summed E-state index contributed by atoms with van der Waals surface area (Å²) in [4.78, 5) is 10.9. The molecule has 2 aromatic carbocycles. The van der Waals surface area contributed by atoms with Crippen molar-refractivity contribution in [2.24, 2.45) is 0 Å². The SMILES string of the molecule is COc1cc(OC)c(NS(=O)(=O)c2cc(C(=O)O)ccc2C)cc1Cl. The normalized spacial score (nSPS) is 11.0. The molecule has 0 saturated heterocycles. The third-order valence-corrected chi connectivity index (χ3v) is 5.25. The van der Waals surface area contributed by atoms with Gasteiger partial charge in [-0.2, -0.15) is 0 Å². The molecule has 0 heterocycles.